The first-order valence-corrected chi connectivity index (χ1v) is 12.3. The molecule has 0 atom stereocenters. The molecule has 0 aromatic rings. The number of Topliss-reactive ketones (excluding diaryl/α,β-unsaturated/α-hetero) is 1. The lowest BCUT2D eigenvalue weighted by molar-refractivity contribution is -0.126. The van der Waals surface area contributed by atoms with Crippen LogP contribution in [0, 0.1) is 17.8 Å². The Morgan fingerprint density at radius 2 is 1.40 bits per heavy atom. The molecule has 180 valence electrons. The summed E-state index contributed by atoms with van der Waals surface area (Å²) in [6.45, 7) is 12.1. The second-order valence-corrected chi connectivity index (χ2v) is 8.26. The summed E-state index contributed by atoms with van der Waals surface area (Å²) in [4.78, 5) is 21.9. The van der Waals surface area contributed by atoms with E-state index in [1.165, 1.54) is 51.4 Å². The van der Waals surface area contributed by atoms with E-state index in [1.54, 1.807) is 7.11 Å². The Kier molecular flexibility index (Phi) is 23.7. The van der Waals surface area contributed by atoms with Crippen molar-refractivity contribution in [3.63, 3.8) is 0 Å². The lowest BCUT2D eigenvalue weighted by atomic mass is 9.83. The number of hydrogen-bond acceptors (Lipinski definition) is 4. The first kappa shape index (κ1) is 31.2. The summed E-state index contributed by atoms with van der Waals surface area (Å²) in [5.41, 5.74) is 4.99. The van der Waals surface area contributed by atoms with Gasteiger partial charge in [-0.15, -0.1) is 0 Å². The maximum absolute atomic E-state index is 11.5. The maximum Gasteiger partial charge on any atom is 0.219 e. The fourth-order valence-electron chi connectivity index (χ4n) is 3.64. The molecule has 2 N–H and O–H groups in total. The summed E-state index contributed by atoms with van der Waals surface area (Å²) in [5.74, 6) is 1.59. The van der Waals surface area contributed by atoms with Crippen LogP contribution in [-0.4, -0.2) is 38.6 Å². The van der Waals surface area contributed by atoms with Gasteiger partial charge >= 0.3 is 0 Å². The van der Waals surface area contributed by atoms with Crippen molar-refractivity contribution in [3.05, 3.63) is 0 Å². The molecular weight excluding hydrogens is 378 g/mol. The highest BCUT2D eigenvalue weighted by molar-refractivity contribution is 5.82. The summed E-state index contributed by atoms with van der Waals surface area (Å²) in [6.07, 6.45) is 13.1. The van der Waals surface area contributed by atoms with Crippen LogP contribution < -0.4 is 5.73 Å². The topological polar surface area (TPSA) is 78.6 Å². The zero-order chi connectivity index (χ0) is 23.2. The van der Waals surface area contributed by atoms with Crippen LogP contribution in [0.1, 0.15) is 105 Å². The number of methoxy groups -OCH3 is 1. The molecule has 2 fully saturated rings. The van der Waals surface area contributed by atoms with Crippen LogP contribution in [0.3, 0.4) is 0 Å². The highest BCUT2D eigenvalue weighted by Crippen LogP contribution is 2.26. The fraction of sp³-hybridized carbons (Fsp3) is 0.920. The summed E-state index contributed by atoms with van der Waals surface area (Å²) < 4.78 is 9.92. The van der Waals surface area contributed by atoms with Crippen molar-refractivity contribution < 1.29 is 19.1 Å². The Morgan fingerprint density at radius 1 is 0.933 bits per heavy atom. The van der Waals surface area contributed by atoms with E-state index in [0.29, 0.717) is 24.7 Å². The molecule has 2 aliphatic rings. The Hall–Kier alpha value is -0.940. The number of rotatable bonds is 8. The van der Waals surface area contributed by atoms with Gasteiger partial charge in [-0.3, -0.25) is 9.59 Å². The number of ketones is 1. The first-order valence-electron chi connectivity index (χ1n) is 12.3. The van der Waals surface area contributed by atoms with Crippen molar-refractivity contribution in [1.29, 1.82) is 0 Å². The lowest BCUT2D eigenvalue weighted by Crippen LogP contribution is -2.21. The van der Waals surface area contributed by atoms with E-state index in [9.17, 15) is 9.59 Å². The Labute approximate surface area is 186 Å². The molecule has 0 aromatic carbocycles. The number of carbonyl (C=O) groups excluding carboxylic acids is 2. The van der Waals surface area contributed by atoms with Crippen molar-refractivity contribution in [2.45, 2.75) is 105 Å². The second kappa shape index (κ2) is 22.7. The van der Waals surface area contributed by atoms with Gasteiger partial charge in [0.2, 0.25) is 5.91 Å². The third-order valence-electron chi connectivity index (χ3n) is 5.44. The highest BCUT2D eigenvalue weighted by atomic mass is 16.5. The SMILES string of the molecule is CC.CC(C)C(=O)C1CCCCC1.CCOC.NC(=O)CCOCC1CCCCC1. The lowest BCUT2D eigenvalue weighted by Gasteiger charge is -2.21. The summed E-state index contributed by atoms with van der Waals surface area (Å²) >= 11 is 0. The molecule has 2 saturated carbocycles. The highest BCUT2D eigenvalue weighted by Gasteiger charge is 2.22. The van der Waals surface area contributed by atoms with Gasteiger partial charge in [0, 0.05) is 38.6 Å². The van der Waals surface area contributed by atoms with E-state index < -0.39 is 0 Å². The summed E-state index contributed by atoms with van der Waals surface area (Å²) in [6, 6.07) is 0. The van der Waals surface area contributed by atoms with E-state index >= 15 is 0 Å². The molecule has 1 amide bonds. The van der Waals surface area contributed by atoms with Crippen LogP contribution in [0.15, 0.2) is 0 Å². The van der Waals surface area contributed by atoms with Crippen LogP contribution >= 0.6 is 0 Å². The second-order valence-electron chi connectivity index (χ2n) is 8.26. The van der Waals surface area contributed by atoms with Crippen LogP contribution in [0.5, 0.6) is 0 Å². The molecule has 0 unspecified atom stereocenters. The van der Waals surface area contributed by atoms with E-state index in [4.69, 9.17) is 10.5 Å². The summed E-state index contributed by atoms with van der Waals surface area (Å²) in [7, 11) is 1.68. The number of ether oxygens (including phenoxy) is 2. The predicted octanol–water partition coefficient (Wildman–Crippen LogP) is 5.93. The normalized spacial score (nSPS) is 16.9. The Balaban J connectivity index is 0. The predicted molar refractivity (Wildman–Crippen MR) is 127 cm³/mol. The average molecular weight is 430 g/mol. The molecule has 0 saturated heterocycles. The minimum atomic E-state index is -0.274. The third kappa shape index (κ3) is 19.0. The van der Waals surface area contributed by atoms with Crippen molar-refractivity contribution in [2.75, 3.05) is 26.9 Å². The van der Waals surface area contributed by atoms with Crippen LogP contribution in [0.4, 0.5) is 0 Å². The van der Waals surface area contributed by atoms with Crippen molar-refractivity contribution >= 4 is 11.7 Å². The molecule has 5 heteroatoms. The Bertz CT molecular complexity index is 385. The zero-order valence-electron chi connectivity index (χ0n) is 20.8. The van der Waals surface area contributed by atoms with Gasteiger partial charge in [-0.05, 0) is 38.5 Å². The molecule has 0 radical (unpaired) electrons. The Morgan fingerprint density at radius 3 is 1.80 bits per heavy atom. The van der Waals surface area contributed by atoms with Gasteiger partial charge in [0.05, 0.1) is 6.61 Å². The molecule has 0 heterocycles. The monoisotopic (exact) mass is 429 g/mol. The van der Waals surface area contributed by atoms with Crippen LogP contribution in [-0.2, 0) is 19.1 Å². The average Bonchev–Trinajstić information content (AvgIpc) is 2.79. The number of hydrogen-bond donors (Lipinski definition) is 1. The molecule has 0 aromatic heterocycles. The van der Waals surface area contributed by atoms with E-state index in [0.717, 1.165) is 32.0 Å². The number of amides is 1. The molecule has 30 heavy (non-hydrogen) atoms. The number of primary amides is 1. The molecule has 5 nitrogen and oxygen atoms in total. The van der Waals surface area contributed by atoms with Gasteiger partial charge < -0.3 is 15.2 Å². The van der Waals surface area contributed by atoms with Gasteiger partial charge in [-0.2, -0.15) is 0 Å². The van der Waals surface area contributed by atoms with E-state index in [1.807, 2.05) is 34.6 Å². The largest absolute Gasteiger partial charge is 0.385 e. The number of nitrogens with two attached hydrogens (primary N) is 1. The van der Waals surface area contributed by atoms with Gasteiger partial charge in [-0.1, -0.05) is 66.2 Å². The quantitative estimate of drug-likeness (QED) is 0.485. The van der Waals surface area contributed by atoms with Crippen LogP contribution in [0.2, 0.25) is 0 Å². The van der Waals surface area contributed by atoms with Gasteiger partial charge in [0.25, 0.3) is 0 Å². The molecule has 2 rings (SSSR count). The maximum atomic E-state index is 11.5. The van der Waals surface area contributed by atoms with Crippen LogP contribution in [0.25, 0.3) is 0 Å². The molecule has 2 aliphatic carbocycles. The van der Waals surface area contributed by atoms with Gasteiger partial charge in [-0.25, -0.2) is 0 Å². The van der Waals surface area contributed by atoms with E-state index in [2.05, 4.69) is 4.74 Å². The van der Waals surface area contributed by atoms with Crippen molar-refractivity contribution in [2.24, 2.45) is 23.5 Å². The molecular formula is C25H51NO4. The molecule has 0 aliphatic heterocycles. The van der Waals surface area contributed by atoms with E-state index in [-0.39, 0.29) is 11.8 Å². The van der Waals surface area contributed by atoms with Gasteiger partial charge in [0.15, 0.2) is 0 Å². The minimum Gasteiger partial charge on any atom is -0.385 e. The molecule has 0 spiro atoms. The minimum absolute atomic E-state index is 0.248. The van der Waals surface area contributed by atoms with Crippen molar-refractivity contribution in [1.82, 2.24) is 0 Å². The van der Waals surface area contributed by atoms with Crippen molar-refractivity contribution in [3.8, 4) is 0 Å². The summed E-state index contributed by atoms with van der Waals surface area (Å²) in [5, 5.41) is 0. The standard InChI is InChI=1S/C10H19NO2.C10H18O.C3H8O.C2H6/c11-10(12)6-7-13-8-9-4-2-1-3-5-9;1-8(2)10(11)9-6-4-3-5-7-9;1-3-4-2;1-2/h9H,1-8H2,(H2,11,12);8-9H,3-7H2,1-2H3;3H2,1-2H3;1-2H3. The number of carbonyl (C=O) groups is 2. The zero-order valence-corrected chi connectivity index (χ0v) is 20.8. The third-order valence-corrected chi connectivity index (χ3v) is 5.44. The smallest absolute Gasteiger partial charge is 0.219 e. The first-order chi connectivity index (χ1) is 14.4. The fourth-order valence-corrected chi connectivity index (χ4v) is 3.64. The molecule has 0 bridgehead atoms. The van der Waals surface area contributed by atoms with Gasteiger partial charge in [0.1, 0.15) is 5.78 Å².